The highest BCUT2D eigenvalue weighted by Crippen LogP contribution is 2.54. The average Bonchev–Trinajstić information content (AvgIpc) is 3.68. The number of piperidine rings is 1. The molecule has 1 saturated heterocycles. The summed E-state index contributed by atoms with van der Waals surface area (Å²) in [5.74, 6) is 0.305. The van der Waals surface area contributed by atoms with Gasteiger partial charge in [0, 0.05) is 36.1 Å². The van der Waals surface area contributed by atoms with E-state index in [1.807, 2.05) is 60.4 Å². The Kier molecular flexibility index (Phi) is 8.44. The summed E-state index contributed by atoms with van der Waals surface area (Å²) in [5, 5.41) is 1.28. The molecule has 1 aliphatic carbocycles. The Morgan fingerprint density at radius 2 is 1.78 bits per heavy atom. The summed E-state index contributed by atoms with van der Waals surface area (Å²) in [5.41, 5.74) is 1.39. The fourth-order valence-corrected chi connectivity index (χ4v) is 7.02. The van der Waals surface area contributed by atoms with Gasteiger partial charge in [0.15, 0.2) is 0 Å². The molecule has 1 saturated carbocycles. The van der Waals surface area contributed by atoms with Gasteiger partial charge in [-0.05, 0) is 73.4 Å². The van der Waals surface area contributed by atoms with Crippen LogP contribution in [0.2, 0.25) is 10.0 Å². The Balaban J connectivity index is 1.87. The number of hydrogen-bond acceptors (Lipinski definition) is 3. The summed E-state index contributed by atoms with van der Waals surface area (Å²) >= 11 is 12.7. The third kappa shape index (κ3) is 6.08. The number of rotatable bonds is 10. The van der Waals surface area contributed by atoms with Crippen molar-refractivity contribution in [2.75, 3.05) is 19.8 Å². The smallest absolute Gasteiger partial charge is 0.229 e. The minimum Gasteiger partial charge on any atom is -0.331 e. The molecule has 8 heteroatoms. The van der Waals surface area contributed by atoms with Crippen LogP contribution in [-0.2, 0) is 14.8 Å². The molecule has 2 aliphatic rings. The van der Waals surface area contributed by atoms with Gasteiger partial charge in [0.05, 0.1) is 17.2 Å². The Labute approximate surface area is 231 Å². The quantitative estimate of drug-likeness (QED) is 0.303. The van der Waals surface area contributed by atoms with Gasteiger partial charge in [-0.25, -0.2) is 12.7 Å². The maximum Gasteiger partial charge on any atom is 0.229 e. The summed E-state index contributed by atoms with van der Waals surface area (Å²) in [7, 11) is -0.297. The van der Waals surface area contributed by atoms with E-state index < -0.39 is 15.4 Å². The van der Waals surface area contributed by atoms with E-state index in [9.17, 15) is 13.2 Å². The molecule has 0 spiro atoms. The van der Waals surface area contributed by atoms with Crippen LogP contribution in [0.3, 0.4) is 0 Å². The fourth-order valence-electron chi connectivity index (χ4n) is 5.79. The van der Waals surface area contributed by atoms with Crippen molar-refractivity contribution in [1.82, 2.24) is 9.21 Å². The summed E-state index contributed by atoms with van der Waals surface area (Å²) in [6, 6.07) is 15.1. The lowest BCUT2D eigenvalue weighted by Gasteiger charge is -2.52. The molecule has 0 radical (unpaired) electrons. The molecule has 1 aliphatic heterocycles. The van der Waals surface area contributed by atoms with Crippen LogP contribution in [0.1, 0.15) is 62.1 Å². The second-order valence-electron chi connectivity index (χ2n) is 10.9. The van der Waals surface area contributed by atoms with Gasteiger partial charge in [0.1, 0.15) is 0 Å². The van der Waals surface area contributed by atoms with Crippen molar-refractivity contribution in [1.29, 1.82) is 0 Å². The van der Waals surface area contributed by atoms with E-state index in [4.69, 9.17) is 23.2 Å². The minimum absolute atomic E-state index is 0.00170. The van der Waals surface area contributed by atoms with Gasteiger partial charge in [0.2, 0.25) is 15.9 Å². The predicted octanol–water partition coefficient (Wildman–Crippen LogP) is 6.69. The van der Waals surface area contributed by atoms with Crippen LogP contribution in [0.5, 0.6) is 0 Å². The summed E-state index contributed by atoms with van der Waals surface area (Å²) < 4.78 is 26.8. The van der Waals surface area contributed by atoms with Crippen LogP contribution in [0.4, 0.5) is 0 Å². The second-order valence-corrected chi connectivity index (χ2v) is 14.1. The van der Waals surface area contributed by atoms with Crippen molar-refractivity contribution in [2.24, 2.45) is 11.3 Å². The fraction of sp³-hybridized carbons (Fsp3) is 0.483. The number of carbonyl (C=O) groups is 1. The first-order chi connectivity index (χ1) is 17.5. The predicted molar refractivity (Wildman–Crippen MR) is 151 cm³/mol. The van der Waals surface area contributed by atoms with Crippen molar-refractivity contribution in [2.45, 2.75) is 57.0 Å². The van der Waals surface area contributed by atoms with E-state index in [1.165, 1.54) is 4.31 Å². The van der Waals surface area contributed by atoms with E-state index in [2.05, 4.69) is 12.6 Å². The lowest BCUT2D eigenvalue weighted by molar-refractivity contribution is -0.155. The van der Waals surface area contributed by atoms with Gasteiger partial charge in [-0.1, -0.05) is 60.5 Å². The molecular formula is C29H36Cl2N2O3S. The lowest BCUT2D eigenvalue weighted by atomic mass is 9.67. The number of likely N-dealkylation sites (tertiary alicyclic amines) is 1. The highest BCUT2D eigenvalue weighted by molar-refractivity contribution is 7.89. The summed E-state index contributed by atoms with van der Waals surface area (Å²) in [4.78, 5) is 16.5. The zero-order valence-electron chi connectivity index (χ0n) is 21.7. The average molecular weight is 564 g/mol. The number of sulfonamides is 1. The summed E-state index contributed by atoms with van der Waals surface area (Å²) in [6.45, 7) is 5.96. The van der Waals surface area contributed by atoms with Gasteiger partial charge < -0.3 is 4.90 Å². The molecule has 200 valence electrons. The monoisotopic (exact) mass is 562 g/mol. The molecule has 2 aromatic rings. The number of allylic oxidation sites excluding steroid dienone is 1. The molecule has 0 N–H and O–H groups in total. The topological polar surface area (TPSA) is 57.7 Å². The first-order valence-electron chi connectivity index (χ1n) is 12.8. The molecule has 0 aromatic heterocycles. The molecule has 0 unspecified atom stereocenters. The van der Waals surface area contributed by atoms with Gasteiger partial charge in [0.25, 0.3) is 0 Å². The standard InChI is InChI=1S/C29H36Cl2N2O3S/c1-5-16-29(2)19-25(22-7-6-8-24(31)18-22)27(21-11-13-23(30)14-12-21)33(28(29)34)26(20-9-10-20)15-17-37(35,36)32(3)4/h5-8,11-14,18,20,25-27H,1,9-10,15-17,19H2,2-4H3/t25-,26-,27-,29+/m1/s1. The van der Waals surface area contributed by atoms with Crippen molar-refractivity contribution in [3.05, 3.63) is 82.4 Å². The molecule has 1 heterocycles. The third-order valence-electron chi connectivity index (χ3n) is 7.94. The van der Waals surface area contributed by atoms with Crippen LogP contribution in [0.25, 0.3) is 0 Å². The Morgan fingerprint density at radius 3 is 2.35 bits per heavy atom. The van der Waals surface area contributed by atoms with Crippen molar-refractivity contribution < 1.29 is 13.2 Å². The van der Waals surface area contributed by atoms with Gasteiger partial charge in [-0.15, -0.1) is 6.58 Å². The minimum atomic E-state index is -3.41. The number of carbonyl (C=O) groups excluding carboxylic acids is 1. The number of benzene rings is 2. The zero-order chi connectivity index (χ0) is 27.0. The first kappa shape index (κ1) is 28.2. The van der Waals surface area contributed by atoms with Crippen LogP contribution < -0.4 is 0 Å². The Morgan fingerprint density at radius 1 is 1.11 bits per heavy atom. The maximum atomic E-state index is 14.4. The highest BCUT2D eigenvalue weighted by atomic mass is 35.5. The second kappa shape index (κ2) is 11.1. The van der Waals surface area contributed by atoms with Crippen molar-refractivity contribution in [3.63, 3.8) is 0 Å². The molecular weight excluding hydrogens is 527 g/mol. The van der Waals surface area contributed by atoms with E-state index >= 15 is 0 Å². The van der Waals surface area contributed by atoms with E-state index in [0.29, 0.717) is 29.3 Å². The highest BCUT2D eigenvalue weighted by Gasteiger charge is 2.53. The third-order valence-corrected chi connectivity index (χ3v) is 10.3. The van der Waals surface area contributed by atoms with Gasteiger partial charge >= 0.3 is 0 Å². The van der Waals surface area contributed by atoms with Crippen molar-refractivity contribution in [3.8, 4) is 0 Å². The van der Waals surface area contributed by atoms with E-state index in [0.717, 1.165) is 24.0 Å². The largest absolute Gasteiger partial charge is 0.331 e. The molecule has 0 bridgehead atoms. The maximum absolute atomic E-state index is 14.4. The van der Waals surface area contributed by atoms with Crippen LogP contribution in [-0.4, -0.2) is 49.4 Å². The normalized spacial score (nSPS) is 25.4. The van der Waals surface area contributed by atoms with Crippen molar-refractivity contribution >= 4 is 39.1 Å². The van der Waals surface area contributed by atoms with Crippen LogP contribution >= 0.6 is 23.2 Å². The molecule has 2 fully saturated rings. The lowest BCUT2D eigenvalue weighted by Crippen LogP contribution is -2.56. The summed E-state index contributed by atoms with van der Waals surface area (Å²) in [6.07, 6.45) is 5.37. The SMILES string of the molecule is C=CC[C@@]1(C)C[C@H](c2cccc(Cl)c2)[C@@H](c2ccc(Cl)cc2)N([C@H](CCS(=O)(=O)N(C)C)C2CC2)C1=O. The number of amides is 1. The molecule has 37 heavy (non-hydrogen) atoms. The number of nitrogens with zero attached hydrogens (tertiary/aromatic N) is 2. The first-order valence-corrected chi connectivity index (χ1v) is 15.2. The number of hydrogen-bond donors (Lipinski definition) is 0. The van der Waals surface area contributed by atoms with Gasteiger partial charge in [-0.2, -0.15) is 0 Å². The molecule has 1 amide bonds. The zero-order valence-corrected chi connectivity index (χ0v) is 24.1. The molecule has 5 nitrogen and oxygen atoms in total. The Bertz CT molecular complexity index is 1240. The van der Waals surface area contributed by atoms with E-state index in [1.54, 1.807) is 14.1 Å². The van der Waals surface area contributed by atoms with Crippen LogP contribution in [0, 0.1) is 11.3 Å². The van der Waals surface area contributed by atoms with Crippen LogP contribution in [0.15, 0.2) is 61.2 Å². The van der Waals surface area contributed by atoms with E-state index in [-0.39, 0.29) is 35.6 Å². The van der Waals surface area contributed by atoms with Gasteiger partial charge in [-0.3, -0.25) is 4.79 Å². The molecule has 2 aromatic carbocycles. The molecule has 4 rings (SSSR count). The Hall–Kier alpha value is -1.86. The number of halogens is 2. The molecule has 4 atom stereocenters.